The number of nitrogens with zero attached hydrogens (tertiary/aromatic N) is 4. The lowest BCUT2D eigenvalue weighted by Crippen LogP contribution is -2.11. The van der Waals surface area contributed by atoms with Crippen molar-refractivity contribution in [1.82, 2.24) is 19.9 Å². The molecule has 5 nitrogen and oxygen atoms in total. The molecule has 0 unspecified atom stereocenters. The van der Waals surface area contributed by atoms with Gasteiger partial charge in [0.25, 0.3) is 6.08 Å². The first-order valence-corrected chi connectivity index (χ1v) is 3.72. The molecule has 1 N–H and O–H groups in total. The SMILES string of the molecule is CN(C)c1ncnc2nc(F)[nH]c12. The monoisotopic (exact) mass is 181 g/mol. The van der Waals surface area contributed by atoms with Crippen LogP contribution in [0, 0.1) is 6.08 Å². The van der Waals surface area contributed by atoms with Crippen LogP contribution < -0.4 is 4.90 Å². The number of halogens is 1. The molecule has 2 heterocycles. The Morgan fingerprint density at radius 1 is 1.38 bits per heavy atom. The van der Waals surface area contributed by atoms with E-state index >= 15 is 0 Å². The van der Waals surface area contributed by atoms with Crippen molar-refractivity contribution in [2.24, 2.45) is 0 Å². The van der Waals surface area contributed by atoms with Gasteiger partial charge in [-0.1, -0.05) is 0 Å². The second kappa shape index (κ2) is 2.65. The van der Waals surface area contributed by atoms with Gasteiger partial charge in [-0.05, 0) is 0 Å². The van der Waals surface area contributed by atoms with Crippen molar-refractivity contribution in [2.75, 3.05) is 19.0 Å². The van der Waals surface area contributed by atoms with Crippen molar-refractivity contribution in [1.29, 1.82) is 0 Å². The fourth-order valence-corrected chi connectivity index (χ4v) is 1.13. The third kappa shape index (κ3) is 1.20. The number of nitrogens with one attached hydrogen (secondary N) is 1. The van der Waals surface area contributed by atoms with Gasteiger partial charge in [-0.3, -0.25) is 0 Å². The predicted molar refractivity (Wildman–Crippen MR) is 46.0 cm³/mol. The molecule has 0 radical (unpaired) electrons. The smallest absolute Gasteiger partial charge is 0.289 e. The quantitative estimate of drug-likeness (QED) is 0.653. The molecule has 2 rings (SSSR count). The van der Waals surface area contributed by atoms with Crippen LogP contribution in [0.1, 0.15) is 0 Å². The standard InChI is InChI=1S/C7H8FN5/c1-13(2)6-4-5(9-3-10-6)12-7(8)11-4/h3H,1-2H3,(H,9,10,11,12). The Kier molecular flexibility index (Phi) is 1.61. The predicted octanol–water partition coefficient (Wildman–Crippen LogP) is 0.558. The molecule has 6 heteroatoms. The van der Waals surface area contributed by atoms with Gasteiger partial charge >= 0.3 is 0 Å². The minimum absolute atomic E-state index is 0.344. The van der Waals surface area contributed by atoms with Crippen LogP contribution in [0.4, 0.5) is 10.2 Å². The molecule has 0 spiro atoms. The van der Waals surface area contributed by atoms with Gasteiger partial charge < -0.3 is 9.88 Å². The molecule has 2 aromatic heterocycles. The Morgan fingerprint density at radius 2 is 2.15 bits per heavy atom. The number of hydrogen-bond donors (Lipinski definition) is 1. The van der Waals surface area contributed by atoms with E-state index in [1.165, 1.54) is 6.33 Å². The maximum absolute atomic E-state index is 12.7. The molecular weight excluding hydrogens is 173 g/mol. The summed E-state index contributed by atoms with van der Waals surface area (Å²) in [5.41, 5.74) is 0.862. The highest BCUT2D eigenvalue weighted by atomic mass is 19.1. The largest absolute Gasteiger partial charge is 0.361 e. The molecule has 13 heavy (non-hydrogen) atoms. The molecule has 0 aliphatic carbocycles. The van der Waals surface area contributed by atoms with Crippen molar-refractivity contribution in [2.45, 2.75) is 0 Å². The normalized spacial score (nSPS) is 10.7. The first-order chi connectivity index (χ1) is 6.18. The molecule has 0 amide bonds. The summed E-state index contributed by atoms with van der Waals surface area (Å²) in [5.74, 6) is 0.626. The van der Waals surface area contributed by atoms with Crippen molar-refractivity contribution in [3.63, 3.8) is 0 Å². The van der Waals surface area contributed by atoms with E-state index in [9.17, 15) is 4.39 Å². The number of H-pyrrole nitrogens is 1. The lowest BCUT2D eigenvalue weighted by Gasteiger charge is -2.10. The molecule has 0 fully saturated rings. The summed E-state index contributed by atoms with van der Waals surface area (Å²) < 4.78 is 12.7. The molecule has 68 valence electrons. The van der Waals surface area contributed by atoms with Crippen molar-refractivity contribution < 1.29 is 4.39 Å². The fourth-order valence-electron chi connectivity index (χ4n) is 1.13. The Balaban J connectivity index is 2.75. The zero-order valence-electron chi connectivity index (χ0n) is 7.24. The van der Waals surface area contributed by atoms with Gasteiger partial charge in [-0.15, -0.1) is 0 Å². The molecule has 0 saturated carbocycles. The highest BCUT2D eigenvalue weighted by Crippen LogP contribution is 2.17. The first-order valence-electron chi connectivity index (χ1n) is 3.72. The first kappa shape index (κ1) is 7.90. The summed E-state index contributed by atoms with van der Waals surface area (Å²) in [7, 11) is 3.64. The van der Waals surface area contributed by atoms with Crippen molar-refractivity contribution in [3.8, 4) is 0 Å². The molecule has 2 aromatic rings. The number of anilines is 1. The summed E-state index contributed by atoms with van der Waals surface area (Å²) in [6.45, 7) is 0. The summed E-state index contributed by atoms with van der Waals surface area (Å²) in [4.78, 5) is 15.6. The molecule has 0 saturated heterocycles. The number of fused-ring (bicyclic) bond motifs is 1. The molecule has 0 bridgehead atoms. The van der Waals surface area contributed by atoms with Crippen molar-refractivity contribution in [3.05, 3.63) is 12.4 Å². The van der Waals surface area contributed by atoms with Crippen LogP contribution in [0.3, 0.4) is 0 Å². The minimum Gasteiger partial charge on any atom is -0.361 e. The van der Waals surface area contributed by atoms with E-state index < -0.39 is 6.08 Å². The zero-order valence-corrected chi connectivity index (χ0v) is 7.24. The van der Waals surface area contributed by atoms with Gasteiger partial charge in [0.05, 0.1) is 0 Å². The lowest BCUT2D eigenvalue weighted by molar-refractivity contribution is 0.556. The van der Waals surface area contributed by atoms with E-state index in [4.69, 9.17) is 0 Å². The molecular formula is C7H8FN5. The molecule has 0 atom stereocenters. The van der Waals surface area contributed by atoms with E-state index in [-0.39, 0.29) is 0 Å². The fraction of sp³-hybridized carbons (Fsp3) is 0.286. The van der Waals surface area contributed by atoms with Gasteiger partial charge in [0.2, 0.25) is 0 Å². The van der Waals surface area contributed by atoms with Gasteiger partial charge in [0.1, 0.15) is 11.8 Å². The number of imidazole rings is 1. The maximum Gasteiger partial charge on any atom is 0.289 e. The Labute approximate surface area is 73.6 Å². The molecule has 0 aliphatic rings. The van der Waals surface area contributed by atoms with Crippen LogP contribution in [0.5, 0.6) is 0 Å². The molecule has 0 aliphatic heterocycles. The van der Waals surface area contributed by atoms with Crippen LogP contribution in [-0.4, -0.2) is 34.0 Å². The summed E-state index contributed by atoms with van der Waals surface area (Å²) in [6, 6.07) is 0. The Hall–Kier alpha value is -1.72. The average Bonchev–Trinajstić information content (AvgIpc) is 2.43. The van der Waals surface area contributed by atoms with Gasteiger partial charge in [-0.2, -0.15) is 9.37 Å². The van der Waals surface area contributed by atoms with Gasteiger partial charge in [0, 0.05) is 14.1 Å². The van der Waals surface area contributed by atoms with Crippen LogP contribution in [-0.2, 0) is 0 Å². The van der Waals surface area contributed by atoms with E-state index in [2.05, 4.69) is 19.9 Å². The number of aromatic amines is 1. The maximum atomic E-state index is 12.7. The number of aromatic nitrogens is 4. The summed E-state index contributed by atoms with van der Waals surface area (Å²) >= 11 is 0. The minimum atomic E-state index is -0.640. The van der Waals surface area contributed by atoms with E-state index in [0.29, 0.717) is 17.0 Å². The highest BCUT2D eigenvalue weighted by molar-refractivity contribution is 5.82. The Bertz CT molecular complexity index is 435. The van der Waals surface area contributed by atoms with Crippen LogP contribution in [0.2, 0.25) is 0 Å². The van der Waals surface area contributed by atoms with Gasteiger partial charge in [-0.25, -0.2) is 9.97 Å². The second-order valence-corrected chi connectivity index (χ2v) is 2.82. The zero-order chi connectivity index (χ0) is 9.42. The lowest BCUT2D eigenvalue weighted by atomic mass is 10.5. The van der Waals surface area contributed by atoms with E-state index in [1.54, 1.807) is 4.90 Å². The van der Waals surface area contributed by atoms with Crippen LogP contribution >= 0.6 is 0 Å². The highest BCUT2D eigenvalue weighted by Gasteiger charge is 2.09. The van der Waals surface area contributed by atoms with E-state index in [1.807, 2.05) is 14.1 Å². The summed E-state index contributed by atoms with van der Waals surface area (Å²) in [6.07, 6.45) is 0.719. The van der Waals surface area contributed by atoms with E-state index in [0.717, 1.165) is 0 Å². The van der Waals surface area contributed by atoms with Crippen LogP contribution in [0.25, 0.3) is 11.2 Å². The summed E-state index contributed by atoms with van der Waals surface area (Å²) in [5, 5.41) is 0. The second-order valence-electron chi connectivity index (χ2n) is 2.82. The van der Waals surface area contributed by atoms with Gasteiger partial charge in [0.15, 0.2) is 11.5 Å². The third-order valence-electron chi connectivity index (χ3n) is 1.66. The Morgan fingerprint density at radius 3 is 2.85 bits per heavy atom. The molecule has 0 aromatic carbocycles. The average molecular weight is 181 g/mol. The third-order valence-corrected chi connectivity index (χ3v) is 1.66. The number of hydrogen-bond acceptors (Lipinski definition) is 4. The number of rotatable bonds is 1. The topological polar surface area (TPSA) is 57.7 Å². The van der Waals surface area contributed by atoms with Crippen molar-refractivity contribution >= 4 is 17.0 Å². The van der Waals surface area contributed by atoms with Crippen LogP contribution in [0.15, 0.2) is 6.33 Å².